The van der Waals surface area contributed by atoms with Gasteiger partial charge in [-0.15, -0.1) is 24.0 Å². The lowest BCUT2D eigenvalue weighted by Crippen LogP contribution is -2.52. The molecule has 1 aromatic carbocycles. The predicted octanol–water partition coefficient (Wildman–Crippen LogP) is 3.91. The van der Waals surface area contributed by atoms with Crippen LogP contribution < -0.4 is 10.2 Å². The van der Waals surface area contributed by atoms with E-state index in [2.05, 4.69) is 60.2 Å². The van der Waals surface area contributed by atoms with Crippen molar-refractivity contribution in [3.63, 3.8) is 0 Å². The molecule has 158 valence electrons. The van der Waals surface area contributed by atoms with E-state index < -0.39 is 0 Å². The summed E-state index contributed by atoms with van der Waals surface area (Å²) >= 11 is 0. The molecule has 1 saturated heterocycles. The fraction of sp³-hybridized carbons (Fsp3) is 0.682. The van der Waals surface area contributed by atoms with Gasteiger partial charge in [-0.05, 0) is 63.1 Å². The van der Waals surface area contributed by atoms with E-state index in [1.54, 1.807) is 0 Å². The molecule has 2 fully saturated rings. The molecular weight excluding hydrogens is 463 g/mol. The van der Waals surface area contributed by atoms with E-state index in [4.69, 9.17) is 9.73 Å². The Morgan fingerprint density at radius 1 is 1.18 bits per heavy atom. The Kier molecular flexibility index (Phi) is 9.34. The van der Waals surface area contributed by atoms with Crippen molar-refractivity contribution in [3.05, 3.63) is 29.8 Å². The monoisotopic (exact) mass is 500 g/mol. The molecule has 0 bridgehead atoms. The van der Waals surface area contributed by atoms with Crippen LogP contribution in [0.15, 0.2) is 29.3 Å². The van der Waals surface area contributed by atoms with Crippen LogP contribution in [0.1, 0.15) is 38.7 Å². The third-order valence-corrected chi connectivity index (χ3v) is 5.78. The highest BCUT2D eigenvalue weighted by Gasteiger charge is 2.42. The highest BCUT2D eigenvalue weighted by Crippen LogP contribution is 2.49. The minimum absolute atomic E-state index is 0. The second kappa shape index (κ2) is 11.2. The maximum Gasteiger partial charge on any atom is 0.194 e. The predicted molar refractivity (Wildman–Crippen MR) is 129 cm³/mol. The first-order valence-electron chi connectivity index (χ1n) is 10.6. The summed E-state index contributed by atoms with van der Waals surface area (Å²) in [6.45, 7) is 14.0. The smallest absolute Gasteiger partial charge is 0.194 e. The second-order valence-electron chi connectivity index (χ2n) is 7.93. The summed E-state index contributed by atoms with van der Waals surface area (Å²) in [4.78, 5) is 9.93. The zero-order chi connectivity index (χ0) is 19.1. The van der Waals surface area contributed by atoms with Crippen LogP contribution in [0, 0.1) is 12.3 Å². The summed E-state index contributed by atoms with van der Waals surface area (Å²) in [6.07, 6.45) is 3.74. The maximum atomic E-state index is 5.56. The third kappa shape index (κ3) is 6.51. The molecule has 1 N–H and O–H groups in total. The first-order chi connectivity index (χ1) is 13.2. The molecule has 28 heavy (non-hydrogen) atoms. The van der Waals surface area contributed by atoms with Gasteiger partial charge in [-0.3, -0.25) is 4.99 Å². The van der Waals surface area contributed by atoms with Gasteiger partial charge in [0.1, 0.15) is 0 Å². The van der Waals surface area contributed by atoms with E-state index in [1.165, 1.54) is 24.1 Å². The Hall–Kier alpha value is -1.02. The molecule has 0 atom stereocenters. The number of aryl methyl sites for hydroxylation is 1. The minimum Gasteiger partial charge on any atom is -0.382 e. The van der Waals surface area contributed by atoms with Crippen molar-refractivity contribution < 1.29 is 4.74 Å². The summed E-state index contributed by atoms with van der Waals surface area (Å²) in [5.41, 5.74) is 3.07. The molecule has 3 rings (SSSR count). The van der Waals surface area contributed by atoms with Crippen molar-refractivity contribution >= 4 is 35.6 Å². The molecule has 0 unspecified atom stereocenters. The van der Waals surface area contributed by atoms with Crippen LogP contribution in [-0.4, -0.2) is 63.3 Å². The minimum atomic E-state index is 0. The number of piperazine rings is 1. The van der Waals surface area contributed by atoms with Crippen molar-refractivity contribution in [2.24, 2.45) is 10.4 Å². The second-order valence-corrected chi connectivity index (χ2v) is 7.93. The van der Waals surface area contributed by atoms with Gasteiger partial charge in [-0.25, -0.2) is 0 Å². The van der Waals surface area contributed by atoms with Gasteiger partial charge in [0.25, 0.3) is 0 Å². The Bertz CT molecular complexity index is 625. The molecule has 1 saturated carbocycles. The summed E-state index contributed by atoms with van der Waals surface area (Å²) in [7, 11) is 0. The number of aliphatic imine (C=N–C) groups is 1. The number of anilines is 1. The van der Waals surface area contributed by atoms with Gasteiger partial charge in [0.15, 0.2) is 5.96 Å². The number of hydrogen-bond acceptors (Lipinski definition) is 3. The molecule has 0 spiro atoms. The van der Waals surface area contributed by atoms with Gasteiger partial charge < -0.3 is 19.9 Å². The Morgan fingerprint density at radius 2 is 1.93 bits per heavy atom. The number of guanidine groups is 1. The standard InChI is InChI=1S/C22H36N4O.HI/c1-4-23-21(24-18-22(9-10-22)11-16-27-5-2)26-14-12-25(13-15-26)20-8-6-7-19(3)17-20;/h6-8,17H,4-5,9-16,18H2,1-3H3,(H,23,24);1H. The molecule has 5 nitrogen and oxygen atoms in total. The van der Waals surface area contributed by atoms with Crippen LogP contribution in [-0.2, 0) is 4.74 Å². The first kappa shape index (κ1) is 23.3. The molecule has 6 heteroatoms. The number of hydrogen-bond donors (Lipinski definition) is 1. The molecule has 0 aromatic heterocycles. The Balaban J connectivity index is 0.00000280. The average Bonchev–Trinajstić information content (AvgIpc) is 3.46. The Morgan fingerprint density at radius 3 is 2.54 bits per heavy atom. The normalized spacial score (nSPS) is 18.6. The van der Waals surface area contributed by atoms with Gasteiger partial charge in [0.2, 0.25) is 0 Å². The topological polar surface area (TPSA) is 40.1 Å². The van der Waals surface area contributed by atoms with Crippen LogP contribution in [0.3, 0.4) is 0 Å². The maximum absolute atomic E-state index is 5.56. The van der Waals surface area contributed by atoms with Crippen LogP contribution >= 0.6 is 24.0 Å². The quantitative estimate of drug-likeness (QED) is 0.255. The number of nitrogens with one attached hydrogen (secondary N) is 1. The van der Waals surface area contributed by atoms with Gasteiger partial charge in [0.05, 0.1) is 0 Å². The van der Waals surface area contributed by atoms with Gasteiger partial charge >= 0.3 is 0 Å². The van der Waals surface area contributed by atoms with Crippen LogP contribution in [0.4, 0.5) is 5.69 Å². The molecule has 0 amide bonds. The number of benzene rings is 1. The van der Waals surface area contributed by atoms with Gasteiger partial charge in [-0.1, -0.05) is 12.1 Å². The number of ether oxygens (including phenoxy) is 1. The van der Waals surface area contributed by atoms with Gasteiger partial charge in [-0.2, -0.15) is 0 Å². The van der Waals surface area contributed by atoms with E-state index in [1.807, 2.05) is 0 Å². The van der Waals surface area contributed by atoms with Crippen LogP contribution in [0.25, 0.3) is 0 Å². The SMILES string of the molecule is CCNC(=NCC1(CCOCC)CC1)N1CCN(c2cccc(C)c2)CC1.I. The largest absolute Gasteiger partial charge is 0.382 e. The van der Waals surface area contributed by atoms with Crippen molar-refractivity contribution in [1.82, 2.24) is 10.2 Å². The molecule has 0 radical (unpaired) electrons. The van der Waals surface area contributed by atoms with Gasteiger partial charge in [0, 0.05) is 58.2 Å². The number of halogens is 1. The van der Waals surface area contributed by atoms with E-state index in [9.17, 15) is 0 Å². The van der Waals surface area contributed by atoms with E-state index in [0.717, 1.165) is 64.9 Å². The first-order valence-corrected chi connectivity index (χ1v) is 10.6. The van der Waals surface area contributed by atoms with E-state index in [-0.39, 0.29) is 24.0 Å². The van der Waals surface area contributed by atoms with Crippen molar-refractivity contribution in [2.45, 2.75) is 40.0 Å². The van der Waals surface area contributed by atoms with E-state index >= 15 is 0 Å². The lowest BCUT2D eigenvalue weighted by molar-refractivity contribution is 0.129. The number of nitrogens with zero attached hydrogens (tertiary/aromatic N) is 3. The molecule has 1 aromatic rings. The summed E-state index contributed by atoms with van der Waals surface area (Å²) in [5.74, 6) is 1.09. The zero-order valence-electron chi connectivity index (χ0n) is 17.7. The molecule has 2 aliphatic rings. The molecule has 1 aliphatic carbocycles. The highest BCUT2D eigenvalue weighted by atomic mass is 127. The lowest BCUT2D eigenvalue weighted by Gasteiger charge is -2.38. The van der Waals surface area contributed by atoms with Crippen LogP contribution in [0.2, 0.25) is 0 Å². The zero-order valence-corrected chi connectivity index (χ0v) is 20.1. The third-order valence-electron chi connectivity index (χ3n) is 5.78. The average molecular weight is 500 g/mol. The lowest BCUT2D eigenvalue weighted by atomic mass is 10.0. The molecule has 1 heterocycles. The summed E-state index contributed by atoms with van der Waals surface area (Å²) < 4.78 is 5.56. The molecule has 1 aliphatic heterocycles. The van der Waals surface area contributed by atoms with Crippen LogP contribution in [0.5, 0.6) is 0 Å². The fourth-order valence-corrected chi connectivity index (χ4v) is 3.77. The fourth-order valence-electron chi connectivity index (χ4n) is 3.77. The summed E-state index contributed by atoms with van der Waals surface area (Å²) in [6, 6.07) is 8.82. The van der Waals surface area contributed by atoms with Crippen molar-refractivity contribution in [3.8, 4) is 0 Å². The number of rotatable bonds is 8. The van der Waals surface area contributed by atoms with Crippen molar-refractivity contribution in [2.75, 3.05) is 57.4 Å². The molecular formula is C22H37IN4O. The van der Waals surface area contributed by atoms with E-state index in [0.29, 0.717) is 5.41 Å². The summed E-state index contributed by atoms with van der Waals surface area (Å²) in [5, 5.41) is 3.51. The highest BCUT2D eigenvalue weighted by molar-refractivity contribution is 14.0. The Labute approximate surface area is 187 Å². The van der Waals surface area contributed by atoms with Crippen molar-refractivity contribution in [1.29, 1.82) is 0 Å².